The zero-order valence-corrected chi connectivity index (χ0v) is 21.2. The van der Waals surface area contributed by atoms with Gasteiger partial charge in [-0.05, 0) is 43.7 Å². The van der Waals surface area contributed by atoms with Crippen molar-refractivity contribution < 1.29 is 4.79 Å². The number of fused-ring (bicyclic) bond motifs is 1. The Morgan fingerprint density at radius 2 is 1.82 bits per heavy atom. The van der Waals surface area contributed by atoms with Crippen molar-refractivity contribution in [2.24, 2.45) is 17.1 Å². The van der Waals surface area contributed by atoms with Gasteiger partial charge in [0.05, 0.1) is 21.9 Å². The molecule has 0 saturated heterocycles. The topological polar surface area (TPSA) is 98.7 Å². The van der Waals surface area contributed by atoms with Gasteiger partial charge in [-0.3, -0.25) is 9.36 Å². The number of nitrogens with two attached hydrogens (primary N) is 1. The zero-order valence-electron chi connectivity index (χ0n) is 19.0. The molecule has 1 amide bonds. The van der Waals surface area contributed by atoms with Crippen molar-refractivity contribution in [3.8, 4) is 0 Å². The van der Waals surface area contributed by atoms with Gasteiger partial charge >= 0.3 is 0 Å². The molecule has 10 heteroatoms. The number of amides is 1. The maximum Gasteiger partial charge on any atom is 0.223 e. The predicted octanol–water partition coefficient (Wildman–Crippen LogP) is 6.48. The Hall–Kier alpha value is -2.09. The van der Waals surface area contributed by atoms with Crippen LogP contribution in [-0.4, -0.2) is 25.4 Å². The van der Waals surface area contributed by atoms with Crippen LogP contribution in [0.4, 0.5) is 11.6 Å². The van der Waals surface area contributed by atoms with Gasteiger partial charge in [-0.15, -0.1) is 0 Å². The van der Waals surface area contributed by atoms with E-state index in [-0.39, 0.29) is 11.9 Å². The first-order valence-electron chi connectivity index (χ1n) is 11.7. The molecule has 180 valence electrons. The van der Waals surface area contributed by atoms with Gasteiger partial charge < -0.3 is 11.1 Å². The second kappa shape index (κ2) is 9.17. The summed E-state index contributed by atoms with van der Waals surface area (Å²) >= 11 is 19.0. The van der Waals surface area contributed by atoms with Crippen LogP contribution in [0, 0.1) is 11.3 Å². The highest BCUT2D eigenvalue weighted by Crippen LogP contribution is 2.44. The third-order valence-electron chi connectivity index (χ3n) is 7.44. The Balaban J connectivity index is 1.55. The van der Waals surface area contributed by atoms with E-state index in [4.69, 9.17) is 50.5 Å². The molecule has 3 N–H and O–H groups in total. The molecule has 1 aromatic carbocycles. The van der Waals surface area contributed by atoms with E-state index in [9.17, 15) is 4.79 Å². The fraction of sp³-hybridized carbons (Fsp3) is 0.500. The molecule has 2 heterocycles. The molecule has 0 aliphatic heterocycles. The van der Waals surface area contributed by atoms with Crippen molar-refractivity contribution in [3.63, 3.8) is 0 Å². The van der Waals surface area contributed by atoms with Gasteiger partial charge in [0.15, 0.2) is 5.65 Å². The van der Waals surface area contributed by atoms with E-state index >= 15 is 0 Å². The minimum absolute atomic E-state index is 0.0937. The number of anilines is 2. The molecule has 2 aromatic heterocycles. The van der Waals surface area contributed by atoms with Crippen LogP contribution in [0.1, 0.15) is 63.7 Å². The molecule has 2 aliphatic rings. The molecule has 5 rings (SSSR count). The Kier molecular flexibility index (Phi) is 6.38. The molecular formula is C24H27Cl3N6O. The number of carbonyl (C=O) groups is 1. The number of hydrogen-bond acceptors (Lipinski definition) is 5. The Labute approximate surface area is 213 Å². The summed E-state index contributed by atoms with van der Waals surface area (Å²) in [6.07, 6.45) is 9.38. The number of hydrogen-bond donors (Lipinski definition) is 2. The van der Waals surface area contributed by atoms with E-state index in [1.165, 1.54) is 19.3 Å². The molecule has 34 heavy (non-hydrogen) atoms. The molecular weight excluding hydrogens is 495 g/mol. The summed E-state index contributed by atoms with van der Waals surface area (Å²) in [4.78, 5) is 26.3. The number of imidazole rings is 1. The van der Waals surface area contributed by atoms with Crippen molar-refractivity contribution in [2.45, 2.75) is 64.3 Å². The average molecular weight is 522 g/mol. The molecule has 2 fully saturated rings. The fourth-order valence-electron chi connectivity index (χ4n) is 4.93. The quantitative estimate of drug-likeness (QED) is 0.387. The number of nitrogens with zero attached hydrogens (tertiary/aromatic N) is 4. The molecule has 0 unspecified atom stereocenters. The minimum Gasteiger partial charge on any atom is -0.369 e. The largest absolute Gasteiger partial charge is 0.369 e. The Morgan fingerprint density at radius 1 is 1.15 bits per heavy atom. The van der Waals surface area contributed by atoms with E-state index in [0.717, 1.165) is 30.7 Å². The monoisotopic (exact) mass is 520 g/mol. The lowest BCUT2D eigenvalue weighted by molar-refractivity contribution is -0.128. The van der Waals surface area contributed by atoms with Crippen LogP contribution in [0.3, 0.4) is 0 Å². The lowest BCUT2D eigenvalue weighted by Crippen LogP contribution is -2.38. The van der Waals surface area contributed by atoms with Crippen LogP contribution < -0.4 is 11.1 Å². The summed E-state index contributed by atoms with van der Waals surface area (Å²) in [7, 11) is 0. The third kappa shape index (κ3) is 4.45. The summed E-state index contributed by atoms with van der Waals surface area (Å²) in [5.74, 6) is 1.84. The summed E-state index contributed by atoms with van der Waals surface area (Å²) < 4.78 is 2.11. The molecule has 0 bridgehead atoms. The van der Waals surface area contributed by atoms with Crippen molar-refractivity contribution in [2.75, 3.05) is 5.32 Å². The number of aromatic nitrogens is 4. The molecule has 0 radical (unpaired) electrons. The van der Waals surface area contributed by atoms with Crippen LogP contribution in [-0.2, 0) is 11.2 Å². The normalized spacial score (nSPS) is 23.1. The second-order valence-electron chi connectivity index (χ2n) is 9.83. The summed E-state index contributed by atoms with van der Waals surface area (Å²) in [5.41, 5.74) is 7.20. The maximum absolute atomic E-state index is 12.0. The van der Waals surface area contributed by atoms with Gasteiger partial charge in [0, 0.05) is 22.9 Å². The smallest absolute Gasteiger partial charge is 0.223 e. The maximum atomic E-state index is 12.0. The van der Waals surface area contributed by atoms with Gasteiger partial charge in [0.25, 0.3) is 0 Å². The van der Waals surface area contributed by atoms with Gasteiger partial charge in [-0.2, -0.15) is 0 Å². The van der Waals surface area contributed by atoms with Gasteiger partial charge in [-0.1, -0.05) is 61.0 Å². The number of primary amides is 1. The van der Waals surface area contributed by atoms with Gasteiger partial charge in [0.2, 0.25) is 11.9 Å². The SMILES string of the molecule is CC1(C(N)=O)CCC(n2c(Nc3c(Cl)cc(Cl)cc3Cl)nc3cnc(CC4CCC4)nc32)CC1. The van der Waals surface area contributed by atoms with Crippen molar-refractivity contribution in [1.82, 2.24) is 19.5 Å². The molecule has 0 atom stereocenters. The molecule has 2 saturated carbocycles. The molecule has 0 spiro atoms. The summed E-state index contributed by atoms with van der Waals surface area (Å²) in [5, 5.41) is 4.58. The number of halogens is 3. The molecule has 3 aromatic rings. The second-order valence-corrected chi connectivity index (χ2v) is 11.1. The summed E-state index contributed by atoms with van der Waals surface area (Å²) in [6.45, 7) is 1.95. The van der Waals surface area contributed by atoms with Crippen LogP contribution >= 0.6 is 34.8 Å². The van der Waals surface area contributed by atoms with E-state index in [2.05, 4.69) is 14.9 Å². The number of benzene rings is 1. The highest BCUT2D eigenvalue weighted by atomic mass is 35.5. The summed E-state index contributed by atoms with van der Waals surface area (Å²) in [6, 6.07) is 3.37. The predicted molar refractivity (Wildman–Crippen MR) is 136 cm³/mol. The third-order valence-corrected chi connectivity index (χ3v) is 8.26. The van der Waals surface area contributed by atoms with E-state index < -0.39 is 5.41 Å². The lowest BCUT2D eigenvalue weighted by atomic mass is 9.73. The Bertz CT molecular complexity index is 1220. The molecule has 2 aliphatic carbocycles. The number of carbonyl (C=O) groups excluding carboxylic acids is 1. The lowest BCUT2D eigenvalue weighted by Gasteiger charge is -2.35. The average Bonchev–Trinajstić information content (AvgIpc) is 3.11. The zero-order chi connectivity index (χ0) is 24.0. The Morgan fingerprint density at radius 3 is 2.41 bits per heavy atom. The fourth-order valence-corrected chi connectivity index (χ4v) is 5.84. The van der Waals surface area contributed by atoms with E-state index in [1.807, 2.05) is 6.92 Å². The van der Waals surface area contributed by atoms with Crippen LogP contribution in [0.15, 0.2) is 18.3 Å². The van der Waals surface area contributed by atoms with Gasteiger partial charge in [-0.25, -0.2) is 15.0 Å². The van der Waals surface area contributed by atoms with E-state index in [1.54, 1.807) is 18.3 Å². The number of rotatable bonds is 6. The van der Waals surface area contributed by atoms with Crippen molar-refractivity contribution in [1.29, 1.82) is 0 Å². The standard InChI is InChI=1S/C24H27Cl3N6O/c1-24(22(28)34)7-5-15(6-8-24)33-21-18(12-29-19(31-21)9-13-3-2-4-13)30-23(33)32-20-16(26)10-14(25)11-17(20)27/h10-13,15H,2-9H2,1H3,(H2,28,34)(H,30,32). The van der Waals surface area contributed by atoms with Crippen molar-refractivity contribution in [3.05, 3.63) is 39.2 Å². The van der Waals surface area contributed by atoms with Gasteiger partial charge in [0.1, 0.15) is 11.3 Å². The van der Waals surface area contributed by atoms with E-state index in [0.29, 0.717) is 51.0 Å². The highest BCUT2D eigenvalue weighted by molar-refractivity contribution is 6.41. The van der Waals surface area contributed by atoms with Crippen LogP contribution in [0.5, 0.6) is 0 Å². The number of nitrogens with one attached hydrogen (secondary N) is 1. The van der Waals surface area contributed by atoms with Crippen LogP contribution in [0.25, 0.3) is 11.2 Å². The van der Waals surface area contributed by atoms with Crippen LogP contribution in [0.2, 0.25) is 15.1 Å². The highest BCUT2D eigenvalue weighted by Gasteiger charge is 2.37. The minimum atomic E-state index is -0.492. The van der Waals surface area contributed by atoms with Crippen molar-refractivity contribution >= 4 is 63.5 Å². The first kappa shape index (κ1) is 23.6. The first-order chi connectivity index (χ1) is 16.2. The molecule has 7 nitrogen and oxygen atoms in total. The first-order valence-corrected chi connectivity index (χ1v) is 12.8.